The summed E-state index contributed by atoms with van der Waals surface area (Å²) in [6.07, 6.45) is 3.39. The molecule has 2 aromatic rings. The van der Waals surface area contributed by atoms with Gasteiger partial charge in [0.25, 0.3) is 5.91 Å². The molecule has 0 spiro atoms. The predicted octanol–water partition coefficient (Wildman–Crippen LogP) is 4.03. The first-order valence-corrected chi connectivity index (χ1v) is 8.11. The van der Waals surface area contributed by atoms with E-state index in [0.717, 1.165) is 12.1 Å². The van der Waals surface area contributed by atoms with Crippen LogP contribution in [0.25, 0.3) is 0 Å². The molecule has 0 aliphatic rings. The quantitative estimate of drug-likeness (QED) is 0.750. The highest BCUT2D eigenvalue weighted by atomic mass is 16.2. The highest BCUT2D eigenvalue weighted by Crippen LogP contribution is 2.13. The van der Waals surface area contributed by atoms with Gasteiger partial charge in [-0.05, 0) is 54.8 Å². The molecule has 0 fully saturated rings. The maximum absolute atomic E-state index is 12.0. The molecule has 126 valence electrons. The van der Waals surface area contributed by atoms with Crippen molar-refractivity contribution in [1.29, 1.82) is 0 Å². The lowest BCUT2D eigenvalue weighted by atomic mass is 10.1. The Hall–Kier alpha value is -2.82. The number of hydrogen-bond acceptors (Lipinski definition) is 2. The van der Waals surface area contributed by atoms with Gasteiger partial charge in [0.15, 0.2) is 0 Å². The van der Waals surface area contributed by atoms with Crippen LogP contribution in [0.5, 0.6) is 0 Å². The SMILES string of the molecule is CCCCc1ccc(NC(=O)Nc2ccc(C(=O)NC)cc2)cc1. The van der Waals surface area contributed by atoms with Crippen molar-refractivity contribution in [2.45, 2.75) is 26.2 Å². The second kappa shape index (κ2) is 8.72. The van der Waals surface area contributed by atoms with E-state index < -0.39 is 0 Å². The zero-order chi connectivity index (χ0) is 17.4. The van der Waals surface area contributed by atoms with Crippen LogP contribution < -0.4 is 16.0 Å². The molecule has 0 atom stereocenters. The van der Waals surface area contributed by atoms with E-state index in [9.17, 15) is 9.59 Å². The number of rotatable bonds is 6. The molecule has 0 saturated heterocycles. The number of benzene rings is 2. The van der Waals surface area contributed by atoms with Gasteiger partial charge in [0.05, 0.1) is 0 Å². The van der Waals surface area contributed by atoms with Crippen LogP contribution in [0.3, 0.4) is 0 Å². The van der Waals surface area contributed by atoms with Crippen molar-refractivity contribution in [2.24, 2.45) is 0 Å². The van der Waals surface area contributed by atoms with Gasteiger partial charge in [0, 0.05) is 24.0 Å². The summed E-state index contributed by atoms with van der Waals surface area (Å²) in [6, 6.07) is 14.3. The third-order valence-corrected chi connectivity index (χ3v) is 3.66. The largest absolute Gasteiger partial charge is 0.355 e. The summed E-state index contributed by atoms with van der Waals surface area (Å²) >= 11 is 0. The number of hydrogen-bond donors (Lipinski definition) is 3. The number of carbonyl (C=O) groups is 2. The lowest BCUT2D eigenvalue weighted by Gasteiger charge is -2.09. The number of aryl methyl sites for hydroxylation is 1. The van der Waals surface area contributed by atoms with Gasteiger partial charge in [-0.25, -0.2) is 4.79 Å². The summed E-state index contributed by atoms with van der Waals surface area (Å²) in [5.41, 5.74) is 3.19. The second-order valence-electron chi connectivity index (χ2n) is 5.54. The Balaban J connectivity index is 1.89. The van der Waals surface area contributed by atoms with Crippen LogP contribution in [-0.2, 0) is 6.42 Å². The van der Waals surface area contributed by atoms with Crippen molar-refractivity contribution in [1.82, 2.24) is 5.32 Å². The molecule has 5 heteroatoms. The highest BCUT2D eigenvalue weighted by molar-refractivity contribution is 6.00. The Kier molecular flexibility index (Phi) is 6.37. The van der Waals surface area contributed by atoms with Crippen molar-refractivity contribution in [2.75, 3.05) is 17.7 Å². The van der Waals surface area contributed by atoms with Crippen LogP contribution in [-0.4, -0.2) is 19.0 Å². The van der Waals surface area contributed by atoms with Crippen molar-refractivity contribution in [3.8, 4) is 0 Å². The van der Waals surface area contributed by atoms with Gasteiger partial charge in [-0.15, -0.1) is 0 Å². The van der Waals surface area contributed by atoms with Gasteiger partial charge >= 0.3 is 6.03 Å². The minimum atomic E-state index is -0.316. The van der Waals surface area contributed by atoms with Gasteiger partial charge in [-0.2, -0.15) is 0 Å². The number of carbonyl (C=O) groups excluding carboxylic acids is 2. The minimum Gasteiger partial charge on any atom is -0.355 e. The summed E-state index contributed by atoms with van der Waals surface area (Å²) in [6.45, 7) is 2.17. The molecule has 24 heavy (non-hydrogen) atoms. The molecule has 0 radical (unpaired) electrons. The van der Waals surface area contributed by atoms with E-state index in [1.807, 2.05) is 24.3 Å². The number of urea groups is 1. The van der Waals surface area contributed by atoms with Crippen LogP contribution in [0, 0.1) is 0 Å². The van der Waals surface area contributed by atoms with Gasteiger partial charge in [-0.3, -0.25) is 4.79 Å². The van der Waals surface area contributed by atoms with Crippen molar-refractivity contribution < 1.29 is 9.59 Å². The number of amides is 3. The molecule has 0 aliphatic carbocycles. The van der Waals surface area contributed by atoms with Gasteiger partial charge in [0.2, 0.25) is 0 Å². The van der Waals surface area contributed by atoms with Gasteiger partial charge in [-0.1, -0.05) is 25.5 Å². The third kappa shape index (κ3) is 5.12. The van der Waals surface area contributed by atoms with Crippen LogP contribution in [0.2, 0.25) is 0 Å². The Morgan fingerprint density at radius 2 is 1.42 bits per heavy atom. The molecule has 3 amide bonds. The van der Waals surface area contributed by atoms with Crippen molar-refractivity contribution >= 4 is 23.3 Å². The fourth-order valence-corrected chi connectivity index (χ4v) is 2.28. The topological polar surface area (TPSA) is 70.2 Å². The maximum atomic E-state index is 12.0. The molecule has 0 heterocycles. The normalized spacial score (nSPS) is 10.1. The fourth-order valence-electron chi connectivity index (χ4n) is 2.28. The zero-order valence-corrected chi connectivity index (χ0v) is 14.1. The Morgan fingerprint density at radius 3 is 1.92 bits per heavy atom. The highest BCUT2D eigenvalue weighted by Gasteiger charge is 2.05. The Labute approximate surface area is 142 Å². The third-order valence-electron chi connectivity index (χ3n) is 3.66. The Bertz CT molecular complexity index is 679. The van der Waals surface area contributed by atoms with E-state index in [4.69, 9.17) is 0 Å². The summed E-state index contributed by atoms with van der Waals surface area (Å²) < 4.78 is 0. The molecular weight excluding hydrogens is 302 g/mol. The van der Waals surface area contributed by atoms with E-state index >= 15 is 0 Å². The standard InChI is InChI=1S/C19H23N3O2/c1-3-4-5-14-6-10-16(11-7-14)21-19(24)22-17-12-8-15(9-13-17)18(23)20-2/h6-13H,3-5H2,1-2H3,(H,20,23)(H2,21,22,24). The minimum absolute atomic E-state index is 0.158. The van der Waals surface area contributed by atoms with Crippen LogP contribution in [0.4, 0.5) is 16.2 Å². The predicted molar refractivity (Wildman–Crippen MR) is 97.5 cm³/mol. The maximum Gasteiger partial charge on any atom is 0.323 e. The molecular formula is C19H23N3O2. The monoisotopic (exact) mass is 325 g/mol. The van der Waals surface area contributed by atoms with Crippen LogP contribution >= 0.6 is 0 Å². The Morgan fingerprint density at radius 1 is 0.875 bits per heavy atom. The van der Waals surface area contributed by atoms with E-state index in [1.54, 1.807) is 31.3 Å². The molecule has 2 aromatic carbocycles. The first kappa shape index (κ1) is 17.5. The lowest BCUT2D eigenvalue weighted by Crippen LogP contribution is -2.20. The van der Waals surface area contributed by atoms with E-state index in [2.05, 4.69) is 22.9 Å². The number of nitrogens with one attached hydrogen (secondary N) is 3. The first-order chi connectivity index (χ1) is 11.6. The van der Waals surface area contributed by atoms with Crippen molar-refractivity contribution in [3.63, 3.8) is 0 Å². The molecule has 2 rings (SSSR count). The molecule has 0 aromatic heterocycles. The molecule has 0 unspecified atom stereocenters. The molecule has 5 nitrogen and oxygen atoms in total. The molecule has 3 N–H and O–H groups in total. The van der Waals surface area contributed by atoms with Crippen molar-refractivity contribution in [3.05, 3.63) is 59.7 Å². The smallest absolute Gasteiger partial charge is 0.323 e. The average Bonchev–Trinajstić information content (AvgIpc) is 2.61. The van der Waals surface area contributed by atoms with E-state index in [0.29, 0.717) is 11.3 Å². The lowest BCUT2D eigenvalue weighted by molar-refractivity contribution is 0.0963. The first-order valence-electron chi connectivity index (χ1n) is 8.11. The summed E-state index contributed by atoms with van der Waals surface area (Å²) in [7, 11) is 1.58. The number of unbranched alkanes of at least 4 members (excludes halogenated alkanes) is 1. The molecule has 0 aliphatic heterocycles. The number of anilines is 2. The average molecular weight is 325 g/mol. The summed E-state index contributed by atoms with van der Waals surface area (Å²) in [5.74, 6) is -0.158. The summed E-state index contributed by atoms with van der Waals surface area (Å²) in [4.78, 5) is 23.5. The second-order valence-corrected chi connectivity index (χ2v) is 5.54. The van der Waals surface area contributed by atoms with Gasteiger partial charge in [0.1, 0.15) is 0 Å². The van der Waals surface area contributed by atoms with E-state index in [-0.39, 0.29) is 11.9 Å². The zero-order valence-electron chi connectivity index (χ0n) is 14.1. The van der Waals surface area contributed by atoms with E-state index in [1.165, 1.54) is 18.4 Å². The molecule has 0 saturated carbocycles. The van der Waals surface area contributed by atoms with Gasteiger partial charge < -0.3 is 16.0 Å². The van der Waals surface area contributed by atoms with Crippen LogP contribution in [0.1, 0.15) is 35.7 Å². The molecule has 0 bridgehead atoms. The van der Waals surface area contributed by atoms with Crippen LogP contribution in [0.15, 0.2) is 48.5 Å². The summed E-state index contributed by atoms with van der Waals surface area (Å²) in [5, 5.41) is 8.09. The fraction of sp³-hybridized carbons (Fsp3) is 0.263.